The zero-order chi connectivity index (χ0) is 9.97. The van der Waals surface area contributed by atoms with E-state index in [9.17, 15) is 4.39 Å². The first kappa shape index (κ1) is 9.46. The van der Waals surface area contributed by atoms with Gasteiger partial charge in [-0.15, -0.1) is 0 Å². The summed E-state index contributed by atoms with van der Waals surface area (Å²) in [6.07, 6.45) is 2.05. The number of hydrogen-bond donors (Lipinski definition) is 2. The molecule has 0 bridgehead atoms. The molecule has 1 fully saturated rings. The van der Waals surface area contributed by atoms with E-state index in [0.29, 0.717) is 5.92 Å². The molecule has 0 spiro atoms. The topological polar surface area (TPSA) is 32.3 Å². The second-order valence-electron chi connectivity index (χ2n) is 3.85. The predicted octanol–water partition coefficient (Wildman–Crippen LogP) is 1.68. The molecule has 1 aromatic carbocycles. The predicted molar refractivity (Wildman–Crippen MR) is 52.7 cm³/mol. The van der Waals surface area contributed by atoms with Gasteiger partial charge in [-0.1, -0.05) is 6.07 Å². The van der Waals surface area contributed by atoms with Gasteiger partial charge in [0.25, 0.3) is 0 Å². The molecule has 1 unspecified atom stereocenters. The Bertz CT molecular complexity index is 321. The number of hydrogen-bond acceptors (Lipinski definition) is 2. The quantitative estimate of drug-likeness (QED) is 0.752. The molecular formula is C11H14FNO. The van der Waals surface area contributed by atoms with Crippen molar-refractivity contribution < 1.29 is 9.50 Å². The summed E-state index contributed by atoms with van der Waals surface area (Å²) in [4.78, 5) is 0. The van der Waals surface area contributed by atoms with E-state index in [1.807, 2.05) is 0 Å². The SMILES string of the molecule is Oc1ccc(CC2CCNC2)cc1F. The lowest BCUT2D eigenvalue weighted by atomic mass is 9.98. The molecule has 2 nitrogen and oxygen atoms in total. The Morgan fingerprint density at radius 2 is 2.36 bits per heavy atom. The highest BCUT2D eigenvalue weighted by molar-refractivity contribution is 5.28. The van der Waals surface area contributed by atoms with Crippen LogP contribution in [0.5, 0.6) is 5.75 Å². The summed E-state index contributed by atoms with van der Waals surface area (Å²) in [5.74, 6) is -0.175. The average Bonchev–Trinajstić information content (AvgIpc) is 2.64. The Balaban J connectivity index is 2.05. The molecule has 1 atom stereocenters. The molecular weight excluding hydrogens is 181 g/mol. The maximum atomic E-state index is 13.0. The lowest BCUT2D eigenvalue weighted by molar-refractivity contribution is 0.431. The Labute approximate surface area is 82.8 Å². The number of rotatable bonds is 2. The zero-order valence-electron chi connectivity index (χ0n) is 7.96. The maximum absolute atomic E-state index is 13.0. The Morgan fingerprint density at radius 3 is 3.00 bits per heavy atom. The van der Waals surface area contributed by atoms with Crippen molar-refractivity contribution in [2.24, 2.45) is 5.92 Å². The van der Waals surface area contributed by atoms with E-state index in [2.05, 4.69) is 5.32 Å². The third-order valence-electron chi connectivity index (χ3n) is 2.70. The van der Waals surface area contributed by atoms with E-state index < -0.39 is 5.82 Å². The molecule has 1 aliphatic rings. The molecule has 1 aromatic rings. The van der Waals surface area contributed by atoms with Crippen molar-refractivity contribution in [1.29, 1.82) is 0 Å². The molecule has 1 saturated heterocycles. The van der Waals surface area contributed by atoms with Gasteiger partial charge in [-0.05, 0) is 49.5 Å². The lowest BCUT2D eigenvalue weighted by Crippen LogP contribution is -2.10. The van der Waals surface area contributed by atoms with Crippen molar-refractivity contribution in [2.45, 2.75) is 12.8 Å². The van der Waals surface area contributed by atoms with Crippen molar-refractivity contribution in [2.75, 3.05) is 13.1 Å². The van der Waals surface area contributed by atoms with Gasteiger partial charge in [-0.2, -0.15) is 0 Å². The number of halogens is 1. The Hall–Kier alpha value is -1.09. The standard InChI is InChI=1S/C11H14FNO/c12-10-6-8(1-2-11(10)14)5-9-3-4-13-7-9/h1-2,6,9,13-14H,3-5,7H2. The fraction of sp³-hybridized carbons (Fsp3) is 0.455. The Kier molecular flexibility index (Phi) is 2.68. The van der Waals surface area contributed by atoms with Crippen LogP contribution in [-0.2, 0) is 6.42 Å². The van der Waals surface area contributed by atoms with Crippen LogP contribution in [0.15, 0.2) is 18.2 Å². The van der Waals surface area contributed by atoms with Crippen LogP contribution < -0.4 is 5.32 Å². The average molecular weight is 195 g/mol. The smallest absolute Gasteiger partial charge is 0.165 e. The molecule has 1 heterocycles. The molecule has 1 aliphatic heterocycles. The number of benzene rings is 1. The van der Waals surface area contributed by atoms with Crippen molar-refractivity contribution >= 4 is 0 Å². The van der Waals surface area contributed by atoms with Crippen molar-refractivity contribution in [3.05, 3.63) is 29.6 Å². The van der Waals surface area contributed by atoms with E-state index in [1.165, 1.54) is 12.1 Å². The van der Waals surface area contributed by atoms with E-state index in [-0.39, 0.29) is 5.75 Å². The molecule has 0 aliphatic carbocycles. The minimum atomic E-state index is -0.520. The van der Waals surface area contributed by atoms with Crippen LogP contribution in [0.3, 0.4) is 0 Å². The van der Waals surface area contributed by atoms with Gasteiger partial charge in [0.05, 0.1) is 0 Å². The van der Waals surface area contributed by atoms with Gasteiger partial charge in [0, 0.05) is 0 Å². The summed E-state index contributed by atoms with van der Waals surface area (Å²) in [5, 5.41) is 12.3. The highest BCUT2D eigenvalue weighted by Crippen LogP contribution is 2.20. The summed E-state index contributed by atoms with van der Waals surface area (Å²) in [6, 6.07) is 4.64. The summed E-state index contributed by atoms with van der Waals surface area (Å²) < 4.78 is 13.0. The monoisotopic (exact) mass is 195 g/mol. The van der Waals surface area contributed by atoms with Crippen LogP contribution in [0.4, 0.5) is 4.39 Å². The van der Waals surface area contributed by atoms with E-state index in [0.717, 1.165) is 31.5 Å². The van der Waals surface area contributed by atoms with Crippen LogP contribution in [0.25, 0.3) is 0 Å². The van der Waals surface area contributed by atoms with Crippen LogP contribution in [0.1, 0.15) is 12.0 Å². The highest BCUT2D eigenvalue weighted by Gasteiger charge is 2.15. The summed E-state index contributed by atoms with van der Waals surface area (Å²) >= 11 is 0. The first-order chi connectivity index (χ1) is 6.75. The van der Waals surface area contributed by atoms with Crippen LogP contribution >= 0.6 is 0 Å². The maximum Gasteiger partial charge on any atom is 0.165 e. The molecule has 2 N–H and O–H groups in total. The fourth-order valence-electron chi connectivity index (χ4n) is 1.90. The fourth-order valence-corrected chi connectivity index (χ4v) is 1.90. The molecule has 76 valence electrons. The molecule has 2 rings (SSSR count). The molecule has 0 radical (unpaired) electrons. The van der Waals surface area contributed by atoms with Crippen molar-refractivity contribution in [3.63, 3.8) is 0 Å². The third kappa shape index (κ3) is 2.04. The van der Waals surface area contributed by atoms with E-state index in [4.69, 9.17) is 5.11 Å². The van der Waals surface area contributed by atoms with Gasteiger partial charge in [0.2, 0.25) is 0 Å². The second-order valence-corrected chi connectivity index (χ2v) is 3.85. The van der Waals surface area contributed by atoms with E-state index >= 15 is 0 Å². The summed E-state index contributed by atoms with van der Waals surface area (Å²) in [7, 11) is 0. The summed E-state index contributed by atoms with van der Waals surface area (Å²) in [6.45, 7) is 2.08. The van der Waals surface area contributed by atoms with Crippen LogP contribution in [0, 0.1) is 11.7 Å². The van der Waals surface area contributed by atoms with Crippen molar-refractivity contribution in [1.82, 2.24) is 5.32 Å². The molecule has 0 aromatic heterocycles. The van der Waals surface area contributed by atoms with Gasteiger partial charge < -0.3 is 10.4 Å². The lowest BCUT2D eigenvalue weighted by Gasteiger charge is -2.08. The summed E-state index contributed by atoms with van der Waals surface area (Å²) in [5.41, 5.74) is 0.967. The molecule has 0 amide bonds. The first-order valence-electron chi connectivity index (χ1n) is 4.94. The molecule has 0 saturated carbocycles. The normalized spacial score (nSPS) is 21.4. The van der Waals surface area contributed by atoms with Gasteiger partial charge in [-0.25, -0.2) is 4.39 Å². The minimum Gasteiger partial charge on any atom is -0.505 e. The molecule has 14 heavy (non-hydrogen) atoms. The molecule has 3 heteroatoms. The zero-order valence-corrected chi connectivity index (χ0v) is 7.96. The number of nitrogens with one attached hydrogen (secondary N) is 1. The minimum absolute atomic E-state index is 0.265. The number of aromatic hydroxyl groups is 1. The number of phenols is 1. The van der Waals surface area contributed by atoms with Crippen molar-refractivity contribution in [3.8, 4) is 5.75 Å². The highest BCUT2D eigenvalue weighted by atomic mass is 19.1. The Morgan fingerprint density at radius 1 is 1.50 bits per heavy atom. The van der Waals surface area contributed by atoms with Gasteiger partial charge in [0.1, 0.15) is 0 Å². The van der Waals surface area contributed by atoms with Gasteiger partial charge in [-0.3, -0.25) is 0 Å². The first-order valence-corrected chi connectivity index (χ1v) is 4.94. The van der Waals surface area contributed by atoms with Crippen LogP contribution in [-0.4, -0.2) is 18.2 Å². The van der Waals surface area contributed by atoms with E-state index in [1.54, 1.807) is 6.07 Å². The van der Waals surface area contributed by atoms with Gasteiger partial charge in [0.15, 0.2) is 11.6 Å². The number of phenolic OH excluding ortho intramolecular Hbond substituents is 1. The second kappa shape index (κ2) is 3.96. The largest absolute Gasteiger partial charge is 0.505 e. The van der Waals surface area contributed by atoms with Crippen LogP contribution in [0.2, 0.25) is 0 Å². The third-order valence-corrected chi connectivity index (χ3v) is 2.70. The van der Waals surface area contributed by atoms with Gasteiger partial charge >= 0.3 is 0 Å².